The van der Waals surface area contributed by atoms with Crippen molar-refractivity contribution in [3.05, 3.63) is 71.9 Å². The minimum atomic E-state index is -4.72. The maximum atomic E-state index is 12.1. The van der Waals surface area contributed by atoms with Crippen LogP contribution in [0.3, 0.4) is 0 Å². The normalized spacial score (nSPS) is 11.8. The van der Waals surface area contributed by atoms with Crippen LogP contribution in [-0.4, -0.2) is 23.8 Å². The highest BCUT2D eigenvalue weighted by Gasteiger charge is 2.30. The molecule has 27 heavy (non-hydrogen) atoms. The van der Waals surface area contributed by atoms with Gasteiger partial charge in [0.15, 0.2) is 0 Å². The summed E-state index contributed by atoms with van der Waals surface area (Å²) in [5.41, 5.74) is 2.77. The van der Waals surface area contributed by atoms with E-state index in [0.29, 0.717) is 18.5 Å². The van der Waals surface area contributed by atoms with Crippen LogP contribution in [-0.2, 0) is 11.2 Å². The molecule has 0 fully saturated rings. The molecule has 0 saturated carbocycles. The van der Waals surface area contributed by atoms with Crippen molar-refractivity contribution in [3.8, 4) is 5.75 Å². The third-order valence-electron chi connectivity index (χ3n) is 3.91. The highest BCUT2D eigenvalue weighted by Crippen LogP contribution is 2.23. The van der Waals surface area contributed by atoms with Crippen LogP contribution in [0.4, 0.5) is 13.2 Å². The van der Waals surface area contributed by atoms with Crippen molar-refractivity contribution >= 4 is 22.9 Å². The number of aromatic nitrogens is 1. The number of hydrogen-bond donors (Lipinski definition) is 2. The summed E-state index contributed by atoms with van der Waals surface area (Å²) >= 11 is 0. The van der Waals surface area contributed by atoms with E-state index in [1.165, 1.54) is 36.4 Å². The van der Waals surface area contributed by atoms with Gasteiger partial charge in [0.1, 0.15) is 5.75 Å². The SMILES string of the molecule is O=C(/C=C/c1ccc(OC(F)(F)F)cc1)NCCc1c[nH]c2ccccc12. The maximum Gasteiger partial charge on any atom is 0.573 e. The van der Waals surface area contributed by atoms with E-state index in [4.69, 9.17) is 0 Å². The Morgan fingerprint density at radius 1 is 1.11 bits per heavy atom. The van der Waals surface area contributed by atoms with Gasteiger partial charge >= 0.3 is 6.36 Å². The molecule has 3 aromatic rings. The van der Waals surface area contributed by atoms with Crippen LogP contribution in [0.1, 0.15) is 11.1 Å². The first-order valence-electron chi connectivity index (χ1n) is 8.27. The first-order chi connectivity index (χ1) is 12.9. The van der Waals surface area contributed by atoms with E-state index in [9.17, 15) is 18.0 Å². The quantitative estimate of drug-likeness (QED) is 0.627. The molecule has 4 nitrogen and oxygen atoms in total. The molecule has 0 saturated heterocycles. The Balaban J connectivity index is 1.49. The number of amides is 1. The van der Waals surface area contributed by atoms with Crippen molar-refractivity contribution in [2.45, 2.75) is 12.8 Å². The average molecular weight is 374 g/mol. The van der Waals surface area contributed by atoms with Gasteiger partial charge in [-0.2, -0.15) is 0 Å². The lowest BCUT2D eigenvalue weighted by Crippen LogP contribution is -2.23. The molecule has 2 aromatic carbocycles. The van der Waals surface area contributed by atoms with Crippen LogP contribution >= 0.6 is 0 Å². The highest BCUT2D eigenvalue weighted by atomic mass is 19.4. The van der Waals surface area contributed by atoms with Gasteiger partial charge < -0.3 is 15.0 Å². The summed E-state index contributed by atoms with van der Waals surface area (Å²) in [4.78, 5) is 15.1. The number of carbonyl (C=O) groups is 1. The number of para-hydroxylation sites is 1. The predicted octanol–water partition coefficient (Wildman–Crippen LogP) is 4.44. The van der Waals surface area contributed by atoms with E-state index in [0.717, 1.165) is 16.5 Å². The molecular weight excluding hydrogens is 357 g/mol. The van der Waals surface area contributed by atoms with Crippen LogP contribution < -0.4 is 10.1 Å². The van der Waals surface area contributed by atoms with Gasteiger partial charge in [-0.05, 0) is 41.8 Å². The summed E-state index contributed by atoms with van der Waals surface area (Å²) < 4.78 is 40.1. The van der Waals surface area contributed by atoms with Crippen LogP contribution in [0.2, 0.25) is 0 Å². The van der Waals surface area contributed by atoms with Gasteiger partial charge in [0.2, 0.25) is 5.91 Å². The first-order valence-corrected chi connectivity index (χ1v) is 8.27. The molecular formula is C20H17F3N2O2. The zero-order valence-electron chi connectivity index (χ0n) is 14.2. The van der Waals surface area contributed by atoms with E-state index < -0.39 is 6.36 Å². The number of halogens is 3. The van der Waals surface area contributed by atoms with E-state index in [1.807, 2.05) is 30.5 Å². The number of aromatic amines is 1. The minimum absolute atomic E-state index is 0.273. The molecule has 0 radical (unpaired) electrons. The standard InChI is InChI=1S/C20H17F3N2O2/c21-20(22,23)27-16-8-5-14(6-9-16)7-10-19(26)24-12-11-15-13-25-18-4-2-1-3-17(15)18/h1-10,13,25H,11-12H2,(H,24,26)/b10-7+. The third-order valence-corrected chi connectivity index (χ3v) is 3.91. The fourth-order valence-electron chi connectivity index (χ4n) is 2.67. The topological polar surface area (TPSA) is 54.1 Å². The lowest BCUT2D eigenvalue weighted by molar-refractivity contribution is -0.274. The number of ether oxygens (including phenoxy) is 1. The molecule has 0 aliphatic heterocycles. The molecule has 2 N–H and O–H groups in total. The third kappa shape index (κ3) is 5.37. The zero-order valence-corrected chi connectivity index (χ0v) is 14.2. The molecule has 0 bridgehead atoms. The van der Waals surface area contributed by atoms with E-state index in [-0.39, 0.29) is 11.7 Å². The average Bonchev–Trinajstić information content (AvgIpc) is 3.03. The van der Waals surface area contributed by atoms with Crippen LogP contribution in [0.15, 0.2) is 60.8 Å². The number of hydrogen-bond acceptors (Lipinski definition) is 2. The second kappa shape index (κ2) is 7.99. The smallest absolute Gasteiger partial charge is 0.406 e. The van der Waals surface area contributed by atoms with Gasteiger partial charge in [-0.15, -0.1) is 13.2 Å². The zero-order chi connectivity index (χ0) is 19.3. The Kier molecular flexibility index (Phi) is 5.49. The van der Waals surface area contributed by atoms with E-state index in [2.05, 4.69) is 15.0 Å². The van der Waals surface area contributed by atoms with Crippen LogP contribution in [0.5, 0.6) is 5.75 Å². The van der Waals surface area contributed by atoms with Gasteiger partial charge in [0.25, 0.3) is 0 Å². The van der Waals surface area contributed by atoms with Crippen molar-refractivity contribution in [3.63, 3.8) is 0 Å². The largest absolute Gasteiger partial charge is 0.573 e. The summed E-state index contributed by atoms with van der Waals surface area (Å²) in [6.07, 6.45) is 0.763. The summed E-state index contributed by atoms with van der Waals surface area (Å²) in [6, 6.07) is 13.2. The molecule has 0 aliphatic rings. The molecule has 1 amide bonds. The summed E-state index contributed by atoms with van der Waals surface area (Å²) in [5, 5.41) is 3.91. The van der Waals surface area contributed by atoms with E-state index >= 15 is 0 Å². The van der Waals surface area contributed by atoms with Gasteiger partial charge in [-0.25, -0.2) is 0 Å². The maximum absolute atomic E-state index is 12.1. The number of fused-ring (bicyclic) bond motifs is 1. The number of H-pyrrole nitrogens is 1. The number of carbonyl (C=O) groups excluding carboxylic acids is 1. The minimum Gasteiger partial charge on any atom is -0.406 e. The van der Waals surface area contributed by atoms with Gasteiger partial charge in [0, 0.05) is 29.7 Å². The second-order valence-electron chi connectivity index (χ2n) is 5.85. The molecule has 0 unspecified atom stereocenters. The Labute approximate surface area is 153 Å². The fraction of sp³-hybridized carbons (Fsp3) is 0.150. The van der Waals surface area contributed by atoms with E-state index in [1.54, 1.807) is 0 Å². The van der Waals surface area contributed by atoms with Crippen molar-refractivity contribution in [2.24, 2.45) is 0 Å². The molecule has 0 spiro atoms. The Hall–Kier alpha value is -3.22. The second-order valence-corrected chi connectivity index (χ2v) is 5.85. The van der Waals surface area contributed by atoms with Gasteiger partial charge in [0.05, 0.1) is 0 Å². The number of nitrogens with one attached hydrogen (secondary N) is 2. The van der Waals surface area contributed by atoms with Gasteiger partial charge in [-0.1, -0.05) is 30.3 Å². The van der Waals surface area contributed by atoms with Crippen molar-refractivity contribution in [1.82, 2.24) is 10.3 Å². The molecule has 0 atom stereocenters. The monoisotopic (exact) mass is 374 g/mol. The first kappa shape index (κ1) is 18.6. The molecule has 0 aliphatic carbocycles. The molecule has 1 heterocycles. The van der Waals surface area contributed by atoms with Crippen LogP contribution in [0.25, 0.3) is 17.0 Å². The lowest BCUT2D eigenvalue weighted by Gasteiger charge is -2.08. The van der Waals surface area contributed by atoms with Crippen molar-refractivity contribution < 1.29 is 22.7 Å². The fourth-order valence-corrected chi connectivity index (χ4v) is 2.67. The lowest BCUT2D eigenvalue weighted by atomic mass is 10.1. The number of alkyl halides is 3. The van der Waals surface area contributed by atoms with Crippen LogP contribution in [0, 0.1) is 0 Å². The Morgan fingerprint density at radius 3 is 2.59 bits per heavy atom. The van der Waals surface area contributed by atoms with Crippen molar-refractivity contribution in [1.29, 1.82) is 0 Å². The highest BCUT2D eigenvalue weighted by molar-refractivity contribution is 5.91. The van der Waals surface area contributed by atoms with Gasteiger partial charge in [-0.3, -0.25) is 4.79 Å². The Morgan fingerprint density at radius 2 is 1.85 bits per heavy atom. The molecule has 140 valence electrons. The summed E-state index contributed by atoms with van der Waals surface area (Å²) in [5.74, 6) is -0.576. The summed E-state index contributed by atoms with van der Waals surface area (Å²) in [7, 11) is 0. The predicted molar refractivity (Wildman–Crippen MR) is 97.2 cm³/mol. The van der Waals surface area contributed by atoms with Crippen molar-refractivity contribution in [2.75, 3.05) is 6.54 Å². The number of benzene rings is 2. The molecule has 3 rings (SSSR count). The summed E-state index contributed by atoms with van der Waals surface area (Å²) in [6.45, 7) is 0.476. The Bertz CT molecular complexity index is 944. The molecule has 7 heteroatoms. The number of rotatable bonds is 6. The molecule has 1 aromatic heterocycles.